The number of ether oxygens (including phenoxy) is 1. The quantitative estimate of drug-likeness (QED) is 0.831. The average Bonchev–Trinajstić information content (AvgIpc) is 2.89. The molecule has 0 aliphatic carbocycles. The third-order valence-corrected chi connectivity index (χ3v) is 4.59. The minimum atomic E-state index is 0.0901. The number of rotatable bonds is 6. The number of hydrogen-bond donors (Lipinski definition) is 1. The van der Waals surface area contributed by atoms with Crippen molar-refractivity contribution >= 4 is 11.8 Å². The van der Waals surface area contributed by atoms with Crippen molar-refractivity contribution in [3.05, 3.63) is 42.2 Å². The van der Waals surface area contributed by atoms with E-state index in [-0.39, 0.29) is 11.3 Å². The van der Waals surface area contributed by atoms with Gasteiger partial charge in [0.05, 0.1) is 13.3 Å². The molecule has 1 heterocycles. The van der Waals surface area contributed by atoms with E-state index < -0.39 is 0 Å². The van der Waals surface area contributed by atoms with Crippen LogP contribution in [-0.2, 0) is 7.05 Å². The first-order chi connectivity index (χ1) is 9.63. The lowest BCUT2D eigenvalue weighted by Crippen LogP contribution is -2.25. The van der Waals surface area contributed by atoms with E-state index in [4.69, 9.17) is 10.5 Å². The summed E-state index contributed by atoms with van der Waals surface area (Å²) in [4.78, 5) is 1.13. The van der Waals surface area contributed by atoms with E-state index in [1.807, 2.05) is 36.3 Å². The van der Waals surface area contributed by atoms with Crippen LogP contribution >= 0.6 is 11.8 Å². The van der Waals surface area contributed by atoms with Crippen LogP contribution in [0.4, 0.5) is 0 Å². The summed E-state index contributed by atoms with van der Waals surface area (Å²) in [5.41, 5.74) is 7.49. The summed E-state index contributed by atoms with van der Waals surface area (Å²) >= 11 is 1.75. The number of aromatic nitrogens is 2. The van der Waals surface area contributed by atoms with Crippen LogP contribution in [0.15, 0.2) is 41.6 Å². The van der Waals surface area contributed by atoms with Gasteiger partial charge in [-0.05, 0) is 24.1 Å². The number of aryl methyl sites for hydroxylation is 1. The maximum absolute atomic E-state index is 6.31. The number of nitrogens with zero attached hydrogens (tertiary/aromatic N) is 2. The second-order valence-corrected chi connectivity index (χ2v) is 5.95. The molecule has 0 amide bonds. The second-order valence-electron chi connectivity index (χ2n) is 4.74. The monoisotopic (exact) mass is 291 g/mol. The van der Waals surface area contributed by atoms with E-state index >= 15 is 0 Å². The van der Waals surface area contributed by atoms with Crippen molar-refractivity contribution in [3.8, 4) is 5.75 Å². The van der Waals surface area contributed by atoms with Crippen LogP contribution in [-0.4, -0.2) is 22.9 Å². The Bertz CT molecular complexity index is 556. The maximum atomic E-state index is 6.31. The first-order valence-corrected chi connectivity index (χ1v) is 7.56. The van der Waals surface area contributed by atoms with Crippen LogP contribution in [0.2, 0.25) is 0 Å². The molecule has 0 saturated heterocycles. The Morgan fingerprint density at radius 1 is 1.45 bits per heavy atom. The summed E-state index contributed by atoms with van der Waals surface area (Å²) in [6, 6.07) is 8.21. The summed E-state index contributed by atoms with van der Waals surface area (Å²) in [6.45, 7) is 2.11. The Kier molecular flexibility index (Phi) is 5.09. The number of hydrogen-bond acceptors (Lipinski definition) is 4. The zero-order valence-corrected chi connectivity index (χ0v) is 12.9. The van der Waals surface area contributed by atoms with Gasteiger partial charge in [0.2, 0.25) is 0 Å². The standard InChI is InChI=1S/C15H21N3OS/c1-4-14(16)15(20-13-9-17-18(2)10-13)11-6-5-7-12(8-11)19-3/h5-10,14-15H,4,16H2,1-3H3. The normalized spacial score (nSPS) is 14.0. The summed E-state index contributed by atoms with van der Waals surface area (Å²) in [5.74, 6) is 0.864. The molecule has 108 valence electrons. The minimum Gasteiger partial charge on any atom is -0.497 e. The smallest absolute Gasteiger partial charge is 0.119 e. The van der Waals surface area contributed by atoms with E-state index in [1.165, 1.54) is 5.56 Å². The Morgan fingerprint density at radius 2 is 2.25 bits per heavy atom. The lowest BCUT2D eigenvalue weighted by molar-refractivity contribution is 0.414. The topological polar surface area (TPSA) is 53.1 Å². The van der Waals surface area contributed by atoms with Gasteiger partial charge in [-0.15, -0.1) is 11.8 Å². The summed E-state index contributed by atoms with van der Waals surface area (Å²) in [6.07, 6.45) is 4.82. The van der Waals surface area contributed by atoms with Crippen molar-refractivity contribution in [2.24, 2.45) is 12.8 Å². The molecule has 0 radical (unpaired) electrons. The summed E-state index contributed by atoms with van der Waals surface area (Å²) in [5, 5.41) is 4.41. The van der Waals surface area contributed by atoms with E-state index in [1.54, 1.807) is 18.9 Å². The lowest BCUT2D eigenvalue weighted by atomic mass is 10.0. The fourth-order valence-corrected chi connectivity index (χ4v) is 3.31. The third-order valence-electron chi connectivity index (χ3n) is 3.23. The number of methoxy groups -OCH3 is 1. The molecule has 0 spiro atoms. The van der Waals surface area contributed by atoms with Crippen LogP contribution in [0, 0.1) is 0 Å². The van der Waals surface area contributed by atoms with Gasteiger partial charge in [-0.3, -0.25) is 4.68 Å². The van der Waals surface area contributed by atoms with E-state index in [2.05, 4.69) is 24.2 Å². The number of thioether (sulfide) groups is 1. The second kappa shape index (κ2) is 6.81. The average molecular weight is 291 g/mol. The van der Waals surface area contributed by atoms with Gasteiger partial charge in [0.15, 0.2) is 0 Å². The van der Waals surface area contributed by atoms with Crippen molar-refractivity contribution in [1.29, 1.82) is 0 Å². The predicted octanol–water partition coefficient (Wildman–Crippen LogP) is 3.00. The van der Waals surface area contributed by atoms with Gasteiger partial charge >= 0.3 is 0 Å². The van der Waals surface area contributed by atoms with Crippen LogP contribution < -0.4 is 10.5 Å². The fourth-order valence-electron chi connectivity index (χ4n) is 2.04. The number of benzene rings is 1. The molecular weight excluding hydrogens is 270 g/mol. The molecule has 2 unspecified atom stereocenters. The molecule has 20 heavy (non-hydrogen) atoms. The van der Waals surface area contributed by atoms with Gasteiger partial charge in [-0.25, -0.2) is 0 Å². The molecule has 5 heteroatoms. The third kappa shape index (κ3) is 3.55. The van der Waals surface area contributed by atoms with Crippen molar-refractivity contribution in [2.75, 3.05) is 7.11 Å². The molecule has 0 bridgehead atoms. The molecular formula is C15H21N3OS. The van der Waals surface area contributed by atoms with Gasteiger partial charge in [-0.2, -0.15) is 5.10 Å². The highest BCUT2D eigenvalue weighted by atomic mass is 32.2. The van der Waals surface area contributed by atoms with Crippen molar-refractivity contribution in [2.45, 2.75) is 29.5 Å². The van der Waals surface area contributed by atoms with Crippen molar-refractivity contribution < 1.29 is 4.74 Å². The number of nitrogens with two attached hydrogens (primary N) is 1. The van der Waals surface area contributed by atoms with Gasteiger partial charge in [0.25, 0.3) is 0 Å². The summed E-state index contributed by atoms with van der Waals surface area (Å²) in [7, 11) is 3.60. The first-order valence-electron chi connectivity index (χ1n) is 6.69. The highest BCUT2D eigenvalue weighted by Crippen LogP contribution is 2.38. The molecule has 1 aromatic carbocycles. The lowest BCUT2D eigenvalue weighted by Gasteiger charge is -2.22. The first kappa shape index (κ1) is 14.9. The summed E-state index contributed by atoms with van der Waals surface area (Å²) < 4.78 is 7.11. The van der Waals surface area contributed by atoms with Crippen LogP contribution in [0.25, 0.3) is 0 Å². The molecule has 0 saturated carbocycles. The van der Waals surface area contributed by atoms with E-state index in [9.17, 15) is 0 Å². The largest absolute Gasteiger partial charge is 0.497 e. The zero-order chi connectivity index (χ0) is 14.5. The van der Waals surface area contributed by atoms with Gasteiger partial charge in [0.1, 0.15) is 5.75 Å². The predicted molar refractivity (Wildman–Crippen MR) is 83.1 cm³/mol. The molecule has 0 aliphatic rings. The maximum Gasteiger partial charge on any atom is 0.119 e. The van der Waals surface area contributed by atoms with Gasteiger partial charge in [-0.1, -0.05) is 19.1 Å². The fraction of sp³-hybridized carbons (Fsp3) is 0.400. The van der Waals surface area contributed by atoms with Crippen LogP contribution in [0.3, 0.4) is 0 Å². The minimum absolute atomic E-state index is 0.0901. The molecule has 1 aromatic heterocycles. The van der Waals surface area contributed by atoms with Gasteiger partial charge in [0, 0.05) is 29.4 Å². The molecule has 2 rings (SSSR count). The highest BCUT2D eigenvalue weighted by Gasteiger charge is 2.21. The molecule has 0 aliphatic heterocycles. The molecule has 2 atom stereocenters. The molecule has 2 N–H and O–H groups in total. The van der Waals surface area contributed by atoms with Crippen molar-refractivity contribution in [1.82, 2.24) is 9.78 Å². The molecule has 2 aromatic rings. The zero-order valence-electron chi connectivity index (χ0n) is 12.1. The molecule has 0 fully saturated rings. The van der Waals surface area contributed by atoms with E-state index in [0.717, 1.165) is 17.1 Å². The highest BCUT2D eigenvalue weighted by molar-refractivity contribution is 7.99. The van der Waals surface area contributed by atoms with Crippen LogP contribution in [0.5, 0.6) is 5.75 Å². The van der Waals surface area contributed by atoms with Gasteiger partial charge < -0.3 is 10.5 Å². The van der Waals surface area contributed by atoms with Crippen LogP contribution in [0.1, 0.15) is 24.2 Å². The van der Waals surface area contributed by atoms with Crippen molar-refractivity contribution in [3.63, 3.8) is 0 Å². The Labute approximate surface area is 124 Å². The molecule has 4 nitrogen and oxygen atoms in total. The Hall–Kier alpha value is -1.46. The van der Waals surface area contributed by atoms with E-state index in [0.29, 0.717) is 0 Å². The Morgan fingerprint density at radius 3 is 2.85 bits per heavy atom. The Balaban J connectivity index is 2.26. The SMILES string of the molecule is CCC(N)C(Sc1cnn(C)c1)c1cccc(OC)c1.